The summed E-state index contributed by atoms with van der Waals surface area (Å²) in [4.78, 5) is 12.4. The topological polar surface area (TPSA) is 91.9 Å². The van der Waals surface area contributed by atoms with E-state index < -0.39 is 10.6 Å². The Morgan fingerprint density at radius 3 is 2.67 bits per heavy atom. The van der Waals surface area contributed by atoms with Gasteiger partial charge < -0.3 is 0 Å². The molecule has 0 aliphatic carbocycles. The molecule has 0 N–H and O–H groups in total. The average Bonchev–Trinajstić information content (AvgIpc) is 2.18. The van der Waals surface area contributed by atoms with Gasteiger partial charge in [-0.05, 0) is 21.5 Å². The van der Waals surface area contributed by atoms with Crippen LogP contribution in [0.5, 0.6) is 0 Å². The molecule has 9 heteroatoms. The Morgan fingerprint density at radius 1 is 1.60 bits per heavy atom. The largest absolute Gasteiger partial charge is 0.281 e. The number of nitrogens with zero attached hydrogens (tertiary/aromatic N) is 4. The summed E-state index contributed by atoms with van der Waals surface area (Å²) < 4.78 is 0.0983. The van der Waals surface area contributed by atoms with Crippen LogP contribution in [0.2, 0.25) is 10.0 Å². The fourth-order valence-corrected chi connectivity index (χ4v) is 1.80. The number of nitro benzene ring substituents is 1. The molecule has 0 fully saturated rings. The lowest BCUT2D eigenvalue weighted by molar-refractivity contribution is -0.384. The van der Waals surface area contributed by atoms with Crippen molar-refractivity contribution in [3.05, 3.63) is 41.1 Å². The van der Waals surface area contributed by atoms with E-state index in [2.05, 4.69) is 26.0 Å². The first kappa shape index (κ1) is 12.1. The maximum Gasteiger partial charge on any atom is 0.281 e. The lowest BCUT2D eigenvalue weighted by Crippen LogP contribution is -1.89. The summed E-state index contributed by atoms with van der Waals surface area (Å²) in [6, 6.07) is 1.03. The summed E-state index contributed by atoms with van der Waals surface area (Å²) in [6.07, 6.45) is 0. The smallest absolute Gasteiger partial charge is 0.258 e. The molecule has 1 aromatic carbocycles. The summed E-state index contributed by atoms with van der Waals surface area (Å²) >= 11 is 14.3. The molecular formula is C6HBrCl2N4O2. The van der Waals surface area contributed by atoms with Gasteiger partial charge in [-0.1, -0.05) is 28.3 Å². The van der Waals surface area contributed by atoms with Crippen molar-refractivity contribution in [3.63, 3.8) is 0 Å². The van der Waals surface area contributed by atoms with Crippen LogP contribution in [0.1, 0.15) is 0 Å². The van der Waals surface area contributed by atoms with Crippen LogP contribution < -0.4 is 0 Å². The minimum absolute atomic E-state index is 0.00660. The molecule has 0 bridgehead atoms. The van der Waals surface area contributed by atoms with Crippen LogP contribution >= 0.6 is 39.1 Å². The van der Waals surface area contributed by atoms with Crippen molar-refractivity contribution in [2.45, 2.75) is 0 Å². The molecule has 15 heavy (non-hydrogen) atoms. The molecule has 0 saturated heterocycles. The van der Waals surface area contributed by atoms with E-state index in [4.69, 9.17) is 28.7 Å². The third kappa shape index (κ3) is 2.32. The average molecular weight is 312 g/mol. The zero-order chi connectivity index (χ0) is 11.6. The van der Waals surface area contributed by atoms with Crippen LogP contribution in [0.25, 0.3) is 10.4 Å². The molecule has 1 aromatic rings. The molecule has 0 aliphatic heterocycles. The summed E-state index contributed by atoms with van der Waals surface area (Å²) in [5.74, 6) is 0. The van der Waals surface area contributed by atoms with Crippen LogP contribution in [0.4, 0.5) is 11.4 Å². The van der Waals surface area contributed by atoms with Gasteiger partial charge >= 0.3 is 0 Å². The van der Waals surface area contributed by atoms with Gasteiger partial charge in [0, 0.05) is 11.0 Å². The molecular weight excluding hydrogens is 311 g/mol. The maximum atomic E-state index is 10.6. The lowest BCUT2D eigenvalue weighted by atomic mass is 10.3. The number of hydrogen-bond donors (Lipinski definition) is 0. The second-order valence-corrected chi connectivity index (χ2v) is 3.88. The highest BCUT2D eigenvalue weighted by Gasteiger charge is 2.20. The van der Waals surface area contributed by atoms with Gasteiger partial charge in [0.05, 0.1) is 19.4 Å². The highest BCUT2D eigenvalue weighted by Crippen LogP contribution is 2.44. The Morgan fingerprint density at radius 2 is 2.20 bits per heavy atom. The summed E-state index contributed by atoms with van der Waals surface area (Å²) in [7, 11) is 0. The quantitative estimate of drug-likeness (QED) is 0.199. The zero-order valence-corrected chi connectivity index (χ0v) is 9.91. The van der Waals surface area contributed by atoms with Crippen molar-refractivity contribution >= 4 is 50.5 Å². The highest BCUT2D eigenvalue weighted by atomic mass is 79.9. The minimum Gasteiger partial charge on any atom is -0.258 e. The molecule has 1 rings (SSSR count). The van der Waals surface area contributed by atoms with E-state index in [1.165, 1.54) is 0 Å². The van der Waals surface area contributed by atoms with Gasteiger partial charge in [-0.3, -0.25) is 10.1 Å². The Kier molecular flexibility index (Phi) is 3.76. The Hall–Kier alpha value is -1.01. The summed E-state index contributed by atoms with van der Waals surface area (Å²) in [5, 5.41) is 13.9. The van der Waals surface area contributed by atoms with Gasteiger partial charge in [0.25, 0.3) is 5.69 Å². The zero-order valence-electron chi connectivity index (χ0n) is 6.82. The number of nitro groups is 1. The van der Waals surface area contributed by atoms with Crippen LogP contribution in [0.15, 0.2) is 15.7 Å². The van der Waals surface area contributed by atoms with Gasteiger partial charge in [-0.2, -0.15) is 0 Å². The van der Waals surface area contributed by atoms with Gasteiger partial charge in [0.2, 0.25) is 0 Å². The molecule has 0 amide bonds. The van der Waals surface area contributed by atoms with E-state index in [0.717, 1.165) is 6.07 Å². The van der Waals surface area contributed by atoms with Crippen molar-refractivity contribution in [1.82, 2.24) is 0 Å². The van der Waals surface area contributed by atoms with Crippen molar-refractivity contribution in [2.24, 2.45) is 5.11 Å². The van der Waals surface area contributed by atoms with E-state index in [1.807, 2.05) is 0 Å². The van der Waals surface area contributed by atoms with E-state index in [9.17, 15) is 10.1 Å². The molecule has 0 spiro atoms. The van der Waals surface area contributed by atoms with E-state index in [-0.39, 0.29) is 20.2 Å². The first-order valence-electron chi connectivity index (χ1n) is 3.36. The van der Waals surface area contributed by atoms with Crippen LogP contribution in [-0.2, 0) is 0 Å². The Labute approximate surface area is 102 Å². The Balaban J connectivity index is 3.64. The molecule has 0 aromatic heterocycles. The van der Waals surface area contributed by atoms with E-state index >= 15 is 0 Å². The minimum atomic E-state index is -0.711. The number of rotatable bonds is 2. The maximum absolute atomic E-state index is 10.6. The van der Waals surface area contributed by atoms with Crippen LogP contribution in [0, 0.1) is 10.1 Å². The number of benzene rings is 1. The molecule has 0 atom stereocenters. The monoisotopic (exact) mass is 310 g/mol. The Bertz CT molecular complexity index is 487. The predicted octanol–water partition coefficient (Wildman–Crippen LogP) is 4.61. The molecule has 0 saturated carbocycles. The SMILES string of the molecule is [N-]=[N+]=Nc1c([N+](=O)[O-])cc(Cl)c(Cl)c1Br. The summed E-state index contributed by atoms with van der Waals surface area (Å²) in [5.41, 5.74) is 7.64. The molecule has 0 aliphatic rings. The van der Waals surface area contributed by atoms with Gasteiger partial charge in [0.1, 0.15) is 5.69 Å². The number of hydrogen-bond acceptors (Lipinski definition) is 3. The van der Waals surface area contributed by atoms with E-state index in [0.29, 0.717) is 0 Å². The van der Waals surface area contributed by atoms with Crippen molar-refractivity contribution in [1.29, 1.82) is 0 Å². The first-order valence-corrected chi connectivity index (χ1v) is 4.91. The van der Waals surface area contributed by atoms with Gasteiger partial charge in [0.15, 0.2) is 0 Å². The summed E-state index contributed by atoms with van der Waals surface area (Å²) in [6.45, 7) is 0. The van der Waals surface area contributed by atoms with E-state index in [1.54, 1.807) is 0 Å². The third-order valence-electron chi connectivity index (χ3n) is 1.46. The molecule has 6 nitrogen and oxygen atoms in total. The lowest BCUT2D eigenvalue weighted by Gasteiger charge is -2.03. The first-order chi connectivity index (χ1) is 6.99. The van der Waals surface area contributed by atoms with Crippen LogP contribution in [-0.4, -0.2) is 4.92 Å². The molecule has 78 valence electrons. The van der Waals surface area contributed by atoms with Gasteiger partial charge in [-0.25, -0.2) is 0 Å². The fourth-order valence-electron chi connectivity index (χ4n) is 0.852. The number of azide groups is 1. The van der Waals surface area contributed by atoms with Gasteiger partial charge in [-0.15, -0.1) is 0 Å². The van der Waals surface area contributed by atoms with Crippen molar-refractivity contribution in [2.75, 3.05) is 0 Å². The number of halogens is 3. The third-order valence-corrected chi connectivity index (χ3v) is 3.25. The van der Waals surface area contributed by atoms with Crippen molar-refractivity contribution < 1.29 is 4.92 Å². The molecule has 0 heterocycles. The highest BCUT2D eigenvalue weighted by molar-refractivity contribution is 9.10. The standard InChI is InChI=1S/C6HBrCl2N4O2/c7-4-5(9)2(8)1-3(13(14)15)6(4)11-12-10/h1H. The molecule has 0 radical (unpaired) electrons. The van der Waals surface area contributed by atoms with Crippen LogP contribution in [0.3, 0.4) is 0 Å². The second kappa shape index (κ2) is 4.67. The fraction of sp³-hybridized carbons (Fsp3) is 0. The van der Waals surface area contributed by atoms with Crippen molar-refractivity contribution in [3.8, 4) is 0 Å². The second-order valence-electron chi connectivity index (χ2n) is 2.30. The normalized spacial score (nSPS) is 9.53. The predicted molar refractivity (Wildman–Crippen MR) is 59.6 cm³/mol. The molecule has 0 unspecified atom stereocenters.